The number of aromatic amines is 1. The van der Waals surface area contributed by atoms with Gasteiger partial charge in [-0.25, -0.2) is 22.5 Å². The molecular weight excluding hydrogens is 311 g/mol. The molecule has 0 saturated heterocycles. The smallest absolute Gasteiger partial charge is 0.243 e. The van der Waals surface area contributed by atoms with Crippen LogP contribution in [0.25, 0.3) is 11.6 Å². The highest BCUT2D eigenvalue weighted by molar-refractivity contribution is 7.89. The van der Waals surface area contributed by atoms with Crippen molar-refractivity contribution in [2.75, 3.05) is 0 Å². The fourth-order valence-corrected chi connectivity index (χ4v) is 2.86. The van der Waals surface area contributed by atoms with Crippen LogP contribution in [-0.4, -0.2) is 23.6 Å². The highest BCUT2D eigenvalue weighted by Crippen LogP contribution is 2.15. The molecule has 2 heterocycles. The van der Waals surface area contributed by atoms with Crippen LogP contribution in [0.15, 0.2) is 52.0 Å². The Morgan fingerprint density at radius 2 is 2.05 bits per heavy atom. The molecule has 7 nitrogen and oxygen atoms in total. The first-order chi connectivity index (χ1) is 10.6. The molecule has 2 aromatic heterocycles. The van der Waals surface area contributed by atoms with Crippen LogP contribution < -0.4 is 4.72 Å². The molecule has 9 heteroatoms. The largest absolute Gasteiger partial charge is 0.461 e. The molecule has 0 saturated carbocycles. The summed E-state index contributed by atoms with van der Waals surface area (Å²) in [5.41, 5.74) is 0. The maximum absolute atomic E-state index is 13.5. The molecule has 0 amide bonds. The molecule has 0 fully saturated rings. The minimum Gasteiger partial charge on any atom is -0.461 e. The van der Waals surface area contributed by atoms with Crippen LogP contribution in [0.1, 0.15) is 5.82 Å². The van der Waals surface area contributed by atoms with Crippen LogP contribution in [0.2, 0.25) is 0 Å². The molecule has 114 valence electrons. The second-order valence-corrected chi connectivity index (χ2v) is 6.07. The van der Waals surface area contributed by atoms with E-state index in [2.05, 4.69) is 19.9 Å². The Hall–Kier alpha value is -2.52. The number of rotatable bonds is 5. The van der Waals surface area contributed by atoms with Gasteiger partial charge in [-0.3, -0.25) is 5.10 Å². The van der Waals surface area contributed by atoms with Gasteiger partial charge < -0.3 is 4.42 Å². The molecule has 22 heavy (non-hydrogen) atoms. The number of aromatic nitrogens is 3. The average molecular weight is 322 g/mol. The summed E-state index contributed by atoms with van der Waals surface area (Å²) in [6, 6.07) is 8.49. The third kappa shape index (κ3) is 2.90. The molecule has 0 aliphatic heterocycles. The van der Waals surface area contributed by atoms with Crippen LogP contribution in [0.3, 0.4) is 0 Å². The Bertz CT molecular complexity index is 874. The summed E-state index contributed by atoms with van der Waals surface area (Å²) in [6.07, 6.45) is 1.48. The summed E-state index contributed by atoms with van der Waals surface area (Å²) in [4.78, 5) is 3.67. The first-order valence-corrected chi connectivity index (χ1v) is 7.74. The zero-order valence-corrected chi connectivity index (χ0v) is 12.0. The lowest BCUT2D eigenvalue weighted by molar-refractivity contribution is 0.555. The number of sulfonamides is 1. The van der Waals surface area contributed by atoms with Gasteiger partial charge in [-0.1, -0.05) is 12.1 Å². The predicted octanol–water partition coefficient (Wildman–Crippen LogP) is 1.68. The van der Waals surface area contributed by atoms with Crippen molar-refractivity contribution in [2.45, 2.75) is 11.4 Å². The van der Waals surface area contributed by atoms with E-state index in [0.717, 1.165) is 6.07 Å². The summed E-state index contributed by atoms with van der Waals surface area (Å²) in [5.74, 6) is 0.236. The van der Waals surface area contributed by atoms with E-state index in [0.29, 0.717) is 11.6 Å². The van der Waals surface area contributed by atoms with Gasteiger partial charge in [0.2, 0.25) is 15.8 Å². The van der Waals surface area contributed by atoms with E-state index in [-0.39, 0.29) is 12.4 Å². The summed E-state index contributed by atoms with van der Waals surface area (Å²) >= 11 is 0. The number of H-pyrrole nitrogens is 1. The van der Waals surface area contributed by atoms with E-state index < -0.39 is 20.7 Å². The number of hydrogen-bond acceptors (Lipinski definition) is 5. The standard InChI is InChI=1S/C13H11FN4O3S/c14-9-4-1-2-6-11(9)22(19,20)15-8-12-16-13(18-17-12)10-5-3-7-21-10/h1-7,15H,8H2,(H,16,17,18). The fraction of sp³-hybridized carbons (Fsp3) is 0.0769. The Labute approximate surface area is 125 Å². The monoisotopic (exact) mass is 322 g/mol. The van der Waals surface area contributed by atoms with Gasteiger partial charge in [0.25, 0.3) is 0 Å². The fourth-order valence-electron chi connectivity index (χ4n) is 1.79. The SMILES string of the molecule is O=S(=O)(NCc1nc(-c2ccco2)n[nH]1)c1ccccc1F. The maximum atomic E-state index is 13.5. The van der Waals surface area contributed by atoms with Crippen LogP contribution in [0.4, 0.5) is 4.39 Å². The normalized spacial score (nSPS) is 11.7. The third-order valence-corrected chi connectivity index (χ3v) is 4.26. The first-order valence-electron chi connectivity index (χ1n) is 6.25. The lowest BCUT2D eigenvalue weighted by Crippen LogP contribution is -2.24. The maximum Gasteiger partial charge on any atom is 0.243 e. The van der Waals surface area contributed by atoms with Crippen molar-refractivity contribution in [2.24, 2.45) is 0 Å². The van der Waals surface area contributed by atoms with E-state index in [1.807, 2.05) is 0 Å². The summed E-state index contributed by atoms with van der Waals surface area (Å²) in [6.45, 7) is -0.148. The van der Waals surface area contributed by atoms with Crippen LogP contribution in [0.5, 0.6) is 0 Å². The molecule has 0 aliphatic rings. The number of benzene rings is 1. The lowest BCUT2D eigenvalue weighted by Gasteiger charge is -2.05. The van der Waals surface area contributed by atoms with Gasteiger partial charge in [0.15, 0.2) is 5.76 Å². The first kappa shape index (κ1) is 14.4. The van der Waals surface area contributed by atoms with E-state index in [4.69, 9.17) is 4.42 Å². The van der Waals surface area contributed by atoms with Crippen LogP contribution in [0, 0.1) is 5.82 Å². The topological polar surface area (TPSA) is 101 Å². The second-order valence-electron chi connectivity index (χ2n) is 4.34. The van der Waals surface area contributed by atoms with E-state index in [1.165, 1.54) is 24.5 Å². The number of halogens is 1. The lowest BCUT2D eigenvalue weighted by atomic mass is 10.4. The van der Waals surface area contributed by atoms with Crippen molar-refractivity contribution in [1.29, 1.82) is 0 Å². The van der Waals surface area contributed by atoms with E-state index in [9.17, 15) is 12.8 Å². The van der Waals surface area contributed by atoms with E-state index in [1.54, 1.807) is 12.1 Å². The number of hydrogen-bond donors (Lipinski definition) is 2. The molecule has 0 bridgehead atoms. The Morgan fingerprint density at radius 3 is 2.77 bits per heavy atom. The molecule has 0 aliphatic carbocycles. The predicted molar refractivity (Wildman–Crippen MR) is 74.5 cm³/mol. The van der Waals surface area contributed by atoms with Crippen molar-refractivity contribution < 1.29 is 17.2 Å². The highest BCUT2D eigenvalue weighted by atomic mass is 32.2. The van der Waals surface area contributed by atoms with Crippen LogP contribution in [-0.2, 0) is 16.6 Å². The van der Waals surface area contributed by atoms with Crippen molar-refractivity contribution >= 4 is 10.0 Å². The van der Waals surface area contributed by atoms with Gasteiger partial charge in [-0.2, -0.15) is 0 Å². The zero-order chi connectivity index (χ0) is 15.6. The summed E-state index contributed by atoms with van der Waals surface area (Å²) in [5, 5.41) is 6.50. The molecule has 3 rings (SSSR count). The Balaban J connectivity index is 1.74. The van der Waals surface area contributed by atoms with Crippen LogP contribution >= 0.6 is 0 Å². The van der Waals surface area contributed by atoms with Gasteiger partial charge in [0.05, 0.1) is 12.8 Å². The zero-order valence-electron chi connectivity index (χ0n) is 11.2. The Kier molecular flexibility index (Phi) is 3.73. The molecular formula is C13H11FN4O3S. The molecule has 0 unspecified atom stereocenters. The van der Waals surface area contributed by atoms with Crippen molar-refractivity contribution in [3.05, 3.63) is 54.3 Å². The highest BCUT2D eigenvalue weighted by Gasteiger charge is 2.19. The minimum absolute atomic E-state index is 0.148. The van der Waals surface area contributed by atoms with Crippen molar-refractivity contribution in [3.63, 3.8) is 0 Å². The molecule has 3 aromatic rings. The van der Waals surface area contributed by atoms with Gasteiger partial charge in [-0.15, -0.1) is 5.10 Å². The molecule has 1 aromatic carbocycles. The third-order valence-electron chi connectivity index (χ3n) is 2.83. The summed E-state index contributed by atoms with van der Waals surface area (Å²) in [7, 11) is -3.97. The average Bonchev–Trinajstić information content (AvgIpc) is 3.17. The minimum atomic E-state index is -3.97. The molecule has 2 N–H and O–H groups in total. The second kappa shape index (κ2) is 5.70. The molecule has 0 radical (unpaired) electrons. The van der Waals surface area contributed by atoms with Gasteiger partial charge in [0.1, 0.15) is 16.5 Å². The van der Waals surface area contributed by atoms with Crippen molar-refractivity contribution in [1.82, 2.24) is 19.9 Å². The quantitative estimate of drug-likeness (QED) is 0.744. The van der Waals surface area contributed by atoms with Gasteiger partial charge in [-0.05, 0) is 24.3 Å². The van der Waals surface area contributed by atoms with E-state index >= 15 is 0 Å². The van der Waals surface area contributed by atoms with Gasteiger partial charge in [0, 0.05) is 0 Å². The summed E-state index contributed by atoms with van der Waals surface area (Å²) < 4.78 is 45.0. The molecule has 0 spiro atoms. The number of furan rings is 1. The van der Waals surface area contributed by atoms with Gasteiger partial charge >= 0.3 is 0 Å². The Morgan fingerprint density at radius 1 is 1.23 bits per heavy atom. The number of nitrogens with zero attached hydrogens (tertiary/aromatic N) is 2. The molecule has 0 atom stereocenters. The van der Waals surface area contributed by atoms with Crippen molar-refractivity contribution in [3.8, 4) is 11.6 Å². The number of nitrogens with one attached hydrogen (secondary N) is 2.